The second-order valence-corrected chi connectivity index (χ2v) is 13.0. The highest BCUT2D eigenvalue weighted by Gasteiger charge is 2.17. The zero-order valence-electron chi connectivity index (χ0n) is 29.8. The van der Waals surface area contributed by atoms with Gasteiger partial charge in [0, 0.05) is 59.1 Å². The number of aromatic hydroxyl groups is 2. The Morgan fingerprint density at radius 3 is 1.50 bits per heavy atom. The lowest BCUT2D eigenvalue weighted by Crippen LogP contribution is -2.38. The van der Waals surface area contributed by atoms with E-state index in [9.17, 15) is 10.2 Å². The average Bonchev–Trinajstić information content (AvgIpc) is 3.19. The van der Waals surface area contributed by atoms with Gasteiger partial charge in [0.2, 0.25) is 0 Å². The average molecular weight is 693 g/mol. The van der Waals surface area contributed by atoms with Crippen LogP contribution in [0, 0.1) is 0 Å². The van der Waals surface area contributed by atoms with Crippen LogP contribution in [0.5, 0.6) is 23.0 Å². The summed E-state index contributed by atoms with van der Waals surface area (Å²) < 4.78 is 12.4. The molecule has 0 aromatic heterocycles. The van der Waals surface area contributed by atoms with Crippen LogP contribution in [-0.2, 0) is 26.3 Å². The van der Waals surface area contributed by atoms with Gasteiger partial charge >= 0.3 is 0 Å². The molecular formula is C46H48N2O4. The molecule has 0 radical (unpaired) electrons. The number of rotatable bonds is 18. The highest BCUT2D eigenvalue weighted by atomic mass is 16.5. The van der Waals surface area contributed by atoms with Crippen molar-refractivity contribution in [3.8, 4) is 45.3 Å². The minimum absolute atomic E-state index is 0.168. The minimum Gasteiger partial charge on any atom is -0.507 e. The van der Waals surface area contributed by atoms with Crippen LogP contribution in [0.2, 0.25) is 0 Å². The van der Waals surface area contributed by atoms with Gasteiger partial charge in [-0.05, 0) is 29.7 Å². The van der Waals surface area contributed by atoms with E-state index in [2.05, 4.69) is 17.6 Å². The van der Waals surface area contributed by atoms with Crippen molar-refractivity contribution in [2.24, 2.45) is 0 Å². The van der Waals surface area contributed by atoms with E-state index in [1.54, 1.807) is 0 Å². The zero-order valence-corrected chi connectivity index (χ0v) is 29.8. The first kappa shape index (κ1) is 36.2. The lowest BCUT2D eigenvalue weighted by Gasteiger charge is -2.21. The van der Waals surface area contributed by atoms with Gasteiger partial charge in [0.1, 0.15) is 36.2 Å². The molecule has 6 heteroatoms. The molecule has 0 saturated carbocycles. The molecule has 0 unspecified atom stereocenters. The Labute approximate surface area is 307 Å². The van der Waals surface area contributed by atoms with E-state index in [1.807, 2.05) is 146 Å². The highest BCUT2D eigenvalue weighted by molar-refractivity contribution is 5.77. The molecule has 0 saturated heterocycles. The molecule has 0 bridgehead atoms. The van der Waals surface area contributed by atoms with E-state index < -0.39 is 0 Å². The van der Waals surface area contributed by atoms with Gasteiger partial charge in [-0.3, -0.25) is 0 Å². The summed E-state index contributed by atoms with van der Waals surface area (Å²) in [5, 5.41) is 30.2. The van der Waals surface area contributed by atoms with Crippen LogP contribution in [0.3, 0.4) is 0 Å². The third-order valence-electron chi connectivity index (χ3n) is 9.26. The molecule has 0 aliphatic heterocycles. The summed E-state index contributed by atoms with van der Waals surface area (Å²) in [5.74, 6) is 1.96. The Morgan fingerprint density at radius 2 is 0.981 bits per heavy atom. The van der Waals surface area contributed by atoms with Gasteiger partial charge in [0.25, 0.3) is 0 Å². The van der Waals surface area contributed by atoms with Crippen LogP contribution in [0.4, 0.5) is 0 Å². The van der Waals surface area contributed by atoms with Crippen molar-refractivity contribution in [3.63, 3.8) is 0 Å². The Kier molecular flexibility index (Phi) is 13.0. The van der Waals surface area contributed by atoms with Crippen LogP contribution < -0.4 is 20.1 Å². The molecule has 52 heavy (non-hydrogen) atoms. The van der Waals surface area contributed by atoms with Crippen LogP contribution in [-0.4, -0.2) is 22.8 Å². The van der Waals surface area contributed by atoms with Crippen molar-refractivity contribution in [2.45, 2.75) is 58.5 Å². The number of hydrogen-bond acceptors (Lipinski definition) is 6. The van der Waals surface area contributed by atoms with Gasteiger partial charge in [-0.25, -0.2) is 0 Å². The molecule has 6 aromatic rings. The molecule has 4 N–H and O–H groups in total. The van der Waals surface area contributed by atoms with Crippen molar-refractivity contribution in [1.82, 2.24) is 10.6 Å². The number of nitrogens with one attached hydrogen (secondary N) is 2. The fourth-order valence-corrected chi connectivity index (χ4v) is 6.37. The lowest BCUT2D eigenvalue weighted by molar-refractivity contribution is 0.307. The molecule has 0 aliphatic carbocycles. The summed E-state index contributed by atoms with van der Waals surface area (Å²) >= 11 is 0. The van der Waals surface area contributed by atoms with Gasteiger partial charge in [-0.15, -0.1) is 0 Å². The molecule has 0 spiro atoms. The summed E-state index contributed by atoms with van der Waals surface area (Å²) in [7, 11) is 0. The van der Waals surface area contributed by atoms with Crippen molar-refractivity contribution >= 4 is 0 Å². The van der Waals surface area contributed by atoms with E-state index in [1.165, 1.54) is 0 Å². The standard InChI is InChI=1S/C46H48N2O4/c1-2-3-22-38(48-30-37-21-15-26-42(46(37)50)40-24-11-13-28-44(40)52-33-35-18-8-5-9-19-35)31-47-29-36-20-14-25-41(45(36)49)39-23-10-12-27-43(39)51-32-34-16-6-4-7-17-34/h4-21,23-28,38,47-50H,2-3,22,29-33H2,1H3/t38-/m1/s1. The second kappa shape index (κ2) is 18.6. The van der Waals surface area contributed by atoms with Crippen LogP contribution in [0.1, 0.15) is 48.4 Å². The summed E-state index contributed by atoms with van der Waals surface area (Å²) in [6, 6.07) is 47.8. The number of ether oxygens (including phenoxy) is 2. The summed E-state index contributed by atoms with van der Waals surface area (Å²) in [6.07, 6.45) is 3.16. The Hall–Kier alpha value is -5.56. The van der Waals surface area contributed by atoms with Crippen molar-refractivity contribution < 1.29 is 19.7 Å². The molecular weight excluding hydrogens is 645 g/mol. The highest BCUT2D eigenvalue weighted by Crippen LogP contribution is 2.39. The van der Waals surface area contributed by atoms with Gasteiger partial charge in [0.05, 0.1) is 0 Å². The van der Waals surface area contributed by atoms with E-state index in [0.717, 1.165) is 75.3 Å². The van der Waals surface area contributed by atoms with Gasteiger partial charge < -0.3 is 30.3 Å². The zero-order chi connectivity index (χ0) is 36.0. The van der Waals surface area contributed by atoms with E-state index in [4.69, 9.17) is 9.47 Å². The molecule has 0 heterocycles. The number of benzene rings is 6. The molecule has 0 amide bonds. The minimum atomic E-state index is 0.168. The van der Waals surface area contributed by atoms with Crippen LogP contribution >= 0.6 is 0 Å². The summed E-state index contributed by atoms with van der Waals surface area (Å²) in [4.78, 5) is 0. The van der Waals surface area contributed by atoms with Crippen LogP contribution in [0.25, 0.3) is 22.3 Å². The molecule has 6 nitrogen and oxygen atoms in total. The fourth-order valence-electron chi connectivity index (χ4n) is 6.37. The van der Waals surface area contributed by atoms with E-state index in [-0.39, 0.29) is 17.5 Å². The predicted molar refractivity (Wildman–Crippen MR) is 210 cm³/mol. The fraction of sp³-hybridized carbons (Fsp3) is 0.217. The SMILES string of the molecule is CCCC[C@H](CNCc1cccc(-c2ccccc2OCc2ccccc2)c1O)NCc1cccc(-c2ccccc2OCc2ccccc2)c1O. The molecule has 6 rings (SSSR count). The number of phenols is 2. The number of unbranched alkanes of at least 4 members (excludes halogenated alkanes) is 1. The number of para-hydroxylation sites is 4. The first-order chi connectivity index (χ1) is 25.6. The molecule has 1 atom stereocenters. The Balaban J connectivity index is 1.09. The van der Waals surface area contributed by atoms with Crippen LogP contribution in [0.15, 0.2) is 146 Å². The van der Waals surface area contributed by atoms with E-state index >= 15 is 0 Å². The maximum absolute atomic E-state index is 11.5. The number of hydrogen-bond donors (Lipinski definition) is 4. The summed E-state index contributed by atoms with van der Waals surface area (Å²) in [6.45, 7) is 4.83. The normalized spacial score (nSPS) is 11.6. The van der Waals surface area contributed by atoms with Gasteiger partial charge in [-0.1, -0.05) is 153 Å². The van der Waals surface area contributed by atoms with Gasteiger partial charge in [-0.2, -0.15) is 0 Å². The smallest absolute Gasteiger partial charge is 0.128 e. The van der Waals surface area contributed by atoms with Gasteiger partial charge in [0.15, 0.2) is 0 Å². The summed E-state index contributed by atoms with van der Waals surface area (Å²) in [5.41, 5.74) is 7.02. The van der Waals surface area contributed by atoms with Crippen molar-refractivity contribution in [2.75, 3.05) is 6.54 Å². The van der Waals surface area contributed by atoms with Crippen molar-refractivity contribution in [1.29, 1.82) is 0 Å². The molecule has 0 aliphatic rings. The predicted octanol–water partition coefficient (Wildman–Crippen LogP) is 10.0. The first-order valence-corrected chi connectivity index (χ1v) is 18.2. The lowest BCUT2D eigenvalue weighted by atomic mass is 10.00. The quantitative estimate of drug-likeness (QED) is 0.0718. The third-order valence-corrected chi connectivity index (χ3v) is 9.26. The molecule has 6 aromatic carbocycles. The topological polar surface area (TPSA) is 83.0 Å². The Morgan fingerprint density at radius 1 is 0.519 bits per heavy atom. The van der Waals surface area contributed by atoms with Crippen molar-refractivity contribution in [3.05, 3.63) is 168 Å². The molecule has 266 valence electrons. The maximum atomic E-state index is 11.5. The van der Waals surface area contributed by atoms with E-state index in [0.29, 0.717) is 32.8 Å². The largest absolute Gasteiger partial charge is 0.507 e. The molecule has 0 fully saturated rings. The monoisotopic (exact) mass is 692 g/mol. The number of phenolic OH excluding ortho intramolecular Hbond substituents is 2. The Bertz CT molecular complexity index is 2000. The third kappa shape index (κ3) is 9.60. The first-order valence-electron chi connectivity index (χ1n) is 18.2. The maximum Gasteiger partial charge on any atom is 0.128 e. The second-order valence-electron chi connectivity index (χ2n) is 13.0.